The van der Waals surface area contributed by atoms with Crippen molar-refractivity contribution in [2.45, 2.75) is 39.0 Å². The highest BCUT2D eigenvalue weighted by molar-refractivity contribution is 5.96. The van der Waals surface area contributed by atoms with Crippen LogP contribution in [0.5, 0.6) is 0 Å². The highest BCUT2D eigenvalue weighted by Gasteiger charge is 2.06. The molecule has 0 aliphatic heterocycles. The first kappa shape index (κ1) is 21.1. The Morgan fingerprint density at radius 2 is 1.71 bits per heavy atom. The molecule has 5 nitrogen and oxygen atoms in total. The fraction of sp³-hybridized carbons (Fsp3) is 0.261. The van der Waals surface area contributed by atoms with E-state index in [-0.39, 0.29) is 11.8 Å². The first-order valence-corrected chi connectivity index (χ1v) is 9.64. The minimum absolute atomic E-state index is 0.00288. The van der Waals surface area contributed by atoms with Crippen LogP contribution in [0.2, 0.25) is 0 Å². The quantitative estimate of drug-likeness (QED) is 0.346. The number of hydrogen-bond donors (Lipinski definition) is 2. The first-order valence-electron chi connectivity index (χ1n) is 9.64. The lowest BCUT2D eigenvalue weighted by Gasteiger charge is -2.06. The molecule has 2 amide bonds. The third-order valence-electron chi connectivity index (χ3n) is 4.10. The topological polar surface area (TPSA) is 70.6 Å². The summed E-state index contributed by atoms with van der Waals surface area (Å²) in [4.78, 5) is 24.0. The maximum absolute atomic E-state index is 12.1. The number of allylic oxidation sites excluding steroid dienone is 1. The monoisotopic (exact) mass is 377 g/mol. The first-order chi connectivity index (χ1) is 13.7. The third kappa shape index (κ3) is 7.99. The maximum atomic E-state index is 12.1. The van der Waals surface area contributed by atoms with Crippen molar-refractivity contribution in [3.63, 3.8) is 0 Å². The van der Waals surface area contributed by atoms with Gasteiger partial charge in [-0.05, 0) is 42.3 Å². The number of rotatable bonds is 10. The van der Waals surface area contributed by atoms with Crippen molar-refractivity contribution in [1.29, 1.82) is 0 Å². The van der Waals surface area contributed by atoms with Crippen LogP contribution in [0.1, 0.15) is 54.9 Å². The van der Waals surface area contributed by atoms with Gasteiger partial charge in [-0.25, -0.2) is 5.43 Å². The van der Waals surface area contributed by atoms with Crippen LogP contribution in [0, 0.1) is 0 Å². The number of hydrogen-bond acceptors (Lipinski definition) is 3. The van der Waals surface area contributed by atoms with Crippen LogP contribution in [0.4, 0.5) is 5.69 Å². The van der Waals surface area contributed by atoms with Gasteiger partial charge >= 0.3 is 0 Å². The normalized spacial score (nSPS) is 11.0. The summed E-state index contributed by atoms with van der Waals surface area (Å²) in [6, 6.07) is 16.6. The van der Waals surface area contributed by atoms with Gasteiger partial charge in [0.2, 0.25) is 5.91 Å². The minimum Gasteiger partial charge on any atom is -0.326 e. The van der Waals surface area contributed by atoms with Gasteiger partial charge in [-0.2, -0.15) is 5.10 Å². The van der Waals surface area contributed by atoms with Gasteiger partial charge in [0.15, 0.2) is 0 Å². The smallest absolute Gasteiger partial charge is 0.271 e. The summed E-state index contributed by atoms with van der Waals surface area (Å²) in [5, 5.41) is 6.75. The van der Waals surface area contributed by atoms with E-state index in [0.29, 0.717) is 17.7 Å². The zero-order valence-corrected chi connectivity index (χ0v) is 16.2. The van der Waals surface area contributed by atoms with Crippen LogP contribution in [0.25, 0.3) is 6.08 Å². The Balaban J connectivity index is 1.75. The summed E-state index contributed by atoms with van der Waals surface area (Å²) in [7, 11) is 0. The SMILES string of the molecule is CCCCCCC(=O)Nc1ccc(C(=O)N/N=C\C=C\c2ccccc2)cc1. The van der Waals surface area contributed by atoms with Crippen molar-refractivity contribution in [2.24, 2.45) is 5.10 Å². The molecule has 0 saturated carbocycles. The number of nitrogens with zero attached hydrogens (tertiary/aromatic N) is 1. The number of nitrogens with one attached hydrogen (secondary N) is 2. The molecule has 0 fully saturated rings. The van der Waals surface area contributed by atoms with E-state index in [9.17, 15) is 9.59 Å². The van der Waals surface area contributed by atoms with Gasteiger partial charge < -0.3 is 5.32 Å². The second kappa shape index (κ2) is 12.2. The number of benzene rings is 2. The predicted molar refractivity (Wildman–Crippen MR) is 115 cm³/mol. The maximum Gasteiger partial charge on any atom is 0.271 e. The van der Waals surface area contributed by atoms with E-state index in [4.69, 9.17) is 0 Å². The Hall–Kier alpha value is -3.21. The van der Waals surface area contributed by atoms with Crippen LogP contribution >= 0.6 is 0 Å². The highest BCUT2D eigenvalue weighted by atomic mass is 16.2. The molecule has 28 heavy (non-hydrogen) atoms. The van der Waals surface area contributed by atoms with Gasteiger partial charge in [0.1, 0.15) is 0 Å². The molecular formula is C23H27N3O2. The molecule has 2 aromatic rings. The standard InChI is InChI=1S/C23H27N3O2/c1-2-3-4-8-13-22(27)25-21-16-14-20(15-17-21)23(28)26-24-18-9-12-19-10-6-5-7-11-19/h5-7,9-12,14-18H,2-4,8,13H2,1H3,(H,25,27)(H,26,28)/b12-9+,24-18-. The molecule has 0 aromatic heterocycles. The van der Waals surface area contributed by atoms with Crippen molar-refractivity contribution >= 4 is 29.8 Å². The lowest BCUT2D eigenvalue weighted by molar-refractivity contribution is -0.116. The summed E-state index contributed by atoms with van der Waals surface area (Å²) in [5.41, 5.74) is 4.70. The number of amides is 2. The number of hydrazone groups is 1. The fourth-order valence-corrected chi connectivity index (χ4v) is 2.56. The highest BCUT2D eigenvalue weighted by Crippen LogP contribution is 2.11. The van der Waals surface area contributed by atoms with Gasteiger partial charge in [-0.3, -0.25) is 9.59 Å². The molecule has 0 spiro atoms. The van der Waals surface area contributed by atoms with Gasteiger partial charge in [0.25, 0.3) is 5.91 Å². The number of carbonyl (C=O) groups excluding carboxylic acids is 2. The van der Waals surface area contributed by atoms with E-state index in [1.807, 2.05) is 36.4 Å². The van der Waals surface area contributed by atoms with Crippen LogP contribution in [0.3, 0.4) is 0 Å². The summed E-state index contributed by atoms with van der Waals surface area (Å²) < 4.78 is 0. The number of anilines is 1. The van der Waals surface area contributed by atoms with E-state index >= 15 is 0 Å². The molecule has 0 heterocycles. The molecule has 2 aromatic carbocycles. The summed E-state index contributed by atoms with van der Waals surface area (Å²) in [5.74, 6) is -0.301. The van der Waals surface area contributed by atoms with Crippen LogP contribution in [-0.4, -0.2) is 18.0 Å². The summed E-state index contributed by atoms with van der Waals surface area (Å²) in [6.07, 6.45) is 9.98. The average Bonchev–Trinajstić information content (AvgIpc) is 2.72. The van der Waals surface area contributed by atoms with Crippen molar-refractivity contribution in [1.82, 2.24) is 5.43 Å². The molecule has 0 atom stereocenters. The van der Waals surface area contributed by atoms with Gasteiger partial charge in [-0.15, -0.1) is 0 Å². The molecule has 0 aliphatic carbocycles. The van der Waals surface area contributed by atoms with Crippen molar-refractivity contribution in [2.75, 3.05) is 5.32 Å². The van der Waals surface area contributed by atoms with E-state index in [0.717, 1.165) is 31.2 Å². The molecular weight excluding hydrogens is 350 g/mol. The molecule has 5 heteroatoms. The van der Waals surface area contributed by atoms with Crippen molar-refractivity contribution in [3.05, 3.63) is 71.8 Å². The molecule has 146 valence electrons. The Bertz CT molecular complexity index is 796. The molecule has 0 bridgehead atoms. The molecule has 0 saturated heterocycles. The third-order valence-corrected chi connectivity index (χ3v) is 4.10. The average molecular weight is 377 g/mol. The Labute approximate surface area is 166 Å². The predicted octanol–water partition coefficient (Wildman–Crippen LogP) is 5.02. The zero-order valence-electron chi connectivity index (χ0n) is 16.2. The van der Waals surface area contributed by atoms with Gasteiger partial charge in [0, 0.05) is 23.9 Å². The van der Waals surface area contributed by atoms with E-state index in [1.165, 1.54) is 6.21 Å². The Kier molecular flexibility index (Phi) is 9.21. The van der Waals surface area contributed by atoms with Gasteiger partial charge in [0.05, 0.1) is 0 Å². The fourth-order valence-electron chi connectivity index (χ4n) is 2.56. The molecule has 2 N–H and O–H groups in total. The molecule has 2 rings (SSSR count). The van der Waals surface area contributed by atoms with Crippen LogP contribution in [-0.2, 0) is 4.79 Å². The van der Waals surface area contributed by atoms with Gasteiger partial charge in [-0.1, -0.05) is 62.6 Å². The molecule has 0 unspecified atom stereocenters. The van der Waals surface area contributed by atoms with Crippen LogP contribution in [0.15, 0.2) is 65.8 Å². The second-order valence-corrected chi connectivity index (χ2v) is 6.43. The lowest BCUT2D eigenvalue weighted by atomic mass is 10.1. The van der Waals surface area contributed by atoms with Crippen LogP contribution < -0.4 is 10.7 Å². The van der Waals surface area contributed by atoms with E-state index in [1.54, 1.807) is 30.3 Å². The second-order valence-electron chi connectivity index (χ2n) is 6.43. The summed E-state index contributed by atoms with van der Waals surface area (Å²) in [6.45, 7) is 2.14. The Morgan fingerprint density at radius 3 is 2.43 bits per heavy atom. The molecule has 0 aliphatic rings. The lowest BCUT2D eigenvalue weighted by Crippen LogP contribution is -2.17. The number of unbranched alkanes of at least 4 members (excludes halogenated alkanes) is 3. The van der Waals surface area contributed by atoms with E-state index in [2.05, 4.69) is 22.8 Å². The minimum atomic E-state index is -0.304. The van der Waals surface area contributed by atoms with Crippen molar-refractivity contribution < 1.29 is 9.59 Å². The zero-order chi connectivity index (χ0) is 20.0. The largest absolute Gasteiger partial charge is 0.326 e. The Morgan fingerprint density at radius 1 is 0.964 bits per heavy atom. The van der Waals surface area contributed by atoms with Crippen molar-refractivity contribution in [3.8, 4) is 0 Å². The summed E-state index contributed by atoms with van der Waals surface area (Å²) >= 11 is 0. The van der Waals surface area contributed by atoms with E-state index < -0.39 is 0 Å². The number of carbonyl (C=O) groups is 2. The molecule has 0 radical (unpaired) electrons.